The molecule has 0 fully saturated rings. The normalized spacial score (nSPS) is 12.7. The van der Waals surface area contributed by atoms with E-state index in [1.807, 2.05) is 6.07 Å². The predicted molar refractivity (Wildman–Crippen MR) is 94.0 cm³/mol. The summed E-state index contributed by atoms with van der Waals surface area (Å²) in [6.45, 7) is 4.42. The Bertz CT molecular complexity index is 563. The fraction of sp³-hybridized carbons (Fsp3) is 0.316. The van der Waals surface area contributed by atoms with Crippen LogP contribution >= 0.6 is 0 Å². The minimum absolute atomic E-state index is 0.0671. The first-order valence-corrected chi connectivity index (χ1v) is 10.4. The summed E-state index contributed by atoms with van der Waals surface area (Å²) in [5.74, 6) is 0. The van der Waals surface area contributed by atoms with Gasteiger partial charge in [0.1, 0.15) is 0 Å². The van der Waals surface area contributed by atoms with Gasteiger partial charge in [-0.25, -0.2) is 0 Å². The number of nitrogens with zero attached hydrogens (tertiary/aromatic N) is 1. The number of rotatable bonds is 7. The molecule has 0 amide bonds. The van der Waals surface area contributed by atoms with Crippen LogP contribution in [0.3, 0.4) is 0 Å². The van der Waals surface area contributed by atoms with Crippen molar-refractivity contribution in [1.29, 1.82) is 0 Å². The molecule has 0 aromatic heterocycles. The summed E-state index contributed by atoms with van der Waals surface area (Å²) in [6.07, 6.45) is 4.73. The Morgan fingerprint density at radius 1 is 1.05 bits per heavy atom. The number of aliphatic imine (C=N–C) groups is 1. The van der Waals surface area contributed by atoms with E-state index in [4.69, 9.17) is 4.99 Å². The van der Waals surface area contributed by atoms with Crippen LogP contribution < -0.4 is 3.61 Å². The molecular formula is C19H23NTe. The van der Waals surface area contributed by atoms with Crippen molar-refractivity contribution in [2.45, 2.75) is 37.2 Å². The third kappa shape index (κ3) is 5.30. The Hall–Kier alpha value is -1.10. The Morgan fingerprint density at radius 2 is 1.76 bits per heavy atom. The van der Waals surface area contributed by atoms with Crippen molar-refractivity contribution in [2.75, 3.05) is 0 Å². The molecule has 1 nitrogen and oxygen atoms in total. The molecule has 2 rings (SSSR count). The van der Waals surface area contributed by atoms with E-state index in [1.165, 1.54) is 28.4 Å². The second kappa shape index (κ2) is 9.03. The molecule has 1 unspecified atom stereocenters. The second-order valence-electron chi connectivity index (χ2n) is 5.10. The molecule has 0 saturated heterocycles. The zero-order valence-corrected chi connectivity index (χ0v) is 15.2. The second-order valence-corrected chi connectivity index (χ2v) is 8.35. The first kappa shape index (κ1) is 16.3. The molecule has 0 bridgehead atoms. The van der Waals surface area contributed by atoms with Gasteiger partial charge in [0.05, 0.1) is 0 Å². The Balaban J connectivity index is 2.06. The molecule has 0 spiro atoms. The van der Waals surface area contributed by atoms with Gasteiger partial charge in [0.2, 0.25) is 0 Å². The molecule has 2 heteroatoms. The fourth-order valence-electron chi connectivity index (χ4n) is 2.05. The maximum absolute atomic E-state index is 4.75. The summed E-state index contributed by atoms with van der Waals surface area (Å²) in [5.41, 5.74) is 2.59. The van der Waals surface area contributed by atoms with E-state index in [-0.39, 0.29) is 27.0 Å². The van der Waals surface area contributed by atoms with E-state index in [9.17, 15) is 0 Å². The predicted octanol–water partition coefficient (Wildman–Crippen LogP) is 4.41. The van der Waals surface area contributed by atoms with Crippen LogP contribution in [0.15, 0.2) is 59.6 Å². The van der Waals surface area contributed by atoms with Crippen molar-refractivity contribution in [1.82, 2.24) is 0 Å². The van der Waals surface area contributed by atoms with Crippen LogP contribution in [0, 0.1) is 0 Å². The van der Waals surface area contributed by atoms with Gasteiger partial charge in [0.15, 0.2) is 0 Å². The molecule has 21 heavy (non-hydrogen) atoms. The van der Waals surface area contributed by atoms with Crippen molar-refractivity contribution < 1.29 is 0 Å². The van der Waals surface area contributed by atoms with Crippen molar-refractivity contribution in [3.63, 3.8) is 0 Å². The molecular weight excluding hydrogens is 370 g/mol. The molecule has 2 aromatic carbocycles. The van der Waals surface area contributed by atoms with Gasteiger partial charge in [-0.15, -0.1) is 0 Å². The summed E-state index contributed by atoms with van der Waals surface area (Å²) in [5, 5.41) is 0. The molecule has 110 valence electrons. The van der Waals surface area contributed by atoms with Crippen LogP contribution in [0.2, 0.25) is 4.47 Å². The summed E-state index contributed by atoms with van der Waals surface area (Å²) >= 11 is -0.0671. The molecule has 0 radical (unpaired) electrons. The van der Waals surface area contributed by atoms with Gasteiger partial charge < -0.3 is 0 Å². The third-order valence-electron chi connectivity index (χ3n) is 3.39. The molecule has 0 N–H and O–H groups in total. The summed E-state index contributed by atoms with van der Waals surface area (Å²) < 4.78 is 2.93. The molecule has 0 aliphatic heterocycles. The van der Waals surface area contributed by atoms with Gasteiger partial charge in [-0.3, -0.25) is 0 Å². The number of benzene rings is 2. The molecule has 0 aliphatic carbocycles. The Kier molecular flexibility index (Phi) is 7.00. The first-order chi connectivity index (χ1) is 10.3. The van der Waals surface area contributed by atoms with E-state index >= 15 is 0 Å². The fourth-order valence-corrected chi connectivity index (χ4v) is 5.24. The van der Waals surface area contributed by atoms with Crippen LogP contribution in [0.25, 0.3) is 0 Å². The molecule has 1 atom stereocenters. The van der Waals surface area contributed by atoms with Gasteiger partial charge in [0, 0.05) is 0 Å². The molecule has 2 aromatic rings. The first-order valence-electron chi connectivity index (χ1n) is 7.61. The van der Waals surface area contributed by atoms with E-state index in [0.29, 0.717) is 0 Å². The van der Waals surface area contributed by atoms with Crippen molar-refractivity contribution in [3.05, 3.63) is 65.7 Å². The van der Waals surface area contributed by atoms with Gasteiger partial charge in [-0.1, -0.05) is 0 Å². The standard InChI is InChI=1S/C19H23NTe/c1-3-4-14-21-19-13-9-8-12-18(19)15-20-16(2)17-10-6-5-7-11-17/h5-13,15-16H,3-4,14H2,1-2H3. The van der Waals surface area contributed by atoms with Gasteiger partial charge in [-0.05, 0) is 0 Å². The topological polar surface area (TPSA) is 12.4 Å². The van der Waals surface area contributed by atoms with E-state index < -0.39 is 0 Å². The Morgan fingerprint density at radius 3 is 2.52 bits per heavy atom. The van der Waals surface area contributed by atoms with Gasteiger partial charge in [0.25, 0.3) is 0 Å². The van der Waals surface area contributed by atoms with Crippen LogP contribution in [0.1, 0.15) is 43.9 Å². The zero-order valence-electron chi connectivity index (χ0n) is 12.8. The average molecular weight is 393 g/mol. The summed E-state index contributed by atoms with van der Waals surface area (Å²) in [7, 11) is 0. The Labute approximate surface area is 138 Å². The van der Waals surface area contributed by atoms with Crippen LogP contribution in [-0.2, 0) is 0 Å². The quantitative estimate of drug-likeness (QED) is 0.376. The minimum atomic E-state index is -0.0671. The zero-order chi connectivity index (χ0) is 14.9. The van der Waals surface area contributed by atoms with Crippen molar-refractivity contribution >= 4 is 30.7 Å². The molecule has 0 heterocycles. The van der Waals surface area contributed by atoms with Crippen LogP contribution in [-0.4, -0.2) is 27.1 Å². The maximum atomic E-state index is 4.75. The third-order valence-corrected chi connectivity index (χ3v) is 6.75. The van der Waals surface area contributed by atoms with Crippen LogP contribution in [0.4, 0.5) is 0 Å². The van der Waals surface area contributed by atoms with Crippen molar-refractivity contribution in [2.24, 2.45) is 4.99 Å². The van der Waals surface area contributed by atoms with Gasteiger partial charge >= 0.3 is 139 Å². The summed E-state index contributed by atoms with van der Waals surface area (Å²) in [4.78, 5) is 4.75. The van der Waals surface area contributed by atoms with E-state index in [1.54, 1.807) is 3.61 Å². The molecule has 0 aliphatic rings. The van der Waals surface area contributed by atoms with E-state index in [2.05, 4.69) is 68.6 Å². The SMILES string of the molecule is CCCC[Te]c1ccccc1C=NC(C)c1ccccc1. The summed E-state index contributed by atoms with van der Waals surface area (Å²) in [6, 6.07) is 19.5. The number of hydrogen-bond donors (Lipinski definition) is 0. The van der Waals surface area contributed by atoms with E-state index in [0.717, 1.165) is 0 Å². The number of unbranched alkanes of at least 4 members (excludes halogenated alkanes) is 1. The van der Waals surface area contributed by atoms with Crippen LogP contribution in [0.5, 0.6) is 0 Å². The average Bonchev–Trinajstić information content (AvgIpc) is 2.54. The molecule has 0 saturated carbocycles. The monoisotopic (exact) mass is 395 g/mol. The number of hydrogen-bond acceptors (Lipinski definition) is 1. The van der Waals surface area contributed by atoms with Crippen molar-refractivity contribution in [3.8, 4) is 0 Å². The van der Waals surface area contributed by atoms with Gasteiger partial charge in [-0.2, -0.15) is 0 Å².